The number of hydrogen-bond acceptors (Lipinski definition) is 7. The molecule has 7 nitrogen and oxygen atoms in total. The summed E-state index contributed by atoms with van der Waals surface area (Å²) in [5.41, 5.74) is 0.382. The van der Waals surface area contributed by atoms with Gasteiger partial charge in [0, 0.05) is 11.5 Å². The normalized spacial score (nSPS) is 10.7. The Kier molecular flexibility index (Phi) is 5.04. The number of rotatable bonds is 6. The van der Waals surface area contributed by atoms with Crippen molar-refractivity contribution in [3.63, 3.8) is 0 Å². The van der Waals surface area contributed by atoms with Gasteiger partial charge < -0.3 is 9.15 Å². The van der Waals surface area contributed by atoms with Crippen LogP contribution in [0.1, 0.15) is 20.9 Å². The van der Waals surface area contributed by atoms with Gasteiger partial charge in [0.15, 0.2) is 12.4 Å². The Balaban J connectivity index is 1.71. The van der Waals surface area contributed by atoms with Crippen LogP contribution in [0, 0.1) is 10.1 Å². The first kappa shape index (κ1) is 17.7. The van der Waals surface area contributed by atoms with Gasteiger partial charge in [-0.1, -0.05) is 18.2 Å². The quantitative estimate of drug-likeness (QED) is 0.211. The highest BCUT2D eigenvalue weighted by Gasteiger charge is 2.20. The van der Waals surface area contributed by atoms with Crippen molar-refractivity contribution in [1.29, 1.82) is 0 Å². The SMILES string of the molecule is CSc1ccc(C(=O)OCC(=O)c2cc3ccccc3o2)cc1[N+](=O)[O-]. The molecule has 0 aliphatic carbocycles. The molecule has 0 radical (unpaired) electrons. The molecule has 3 aromatic rings. The molecule has 0 saturated heterocycles. The average molecular weight is 371 g/mol. The van der Waals surface area contributed by atoms with Crippen LogP contribution in [0.2, 0.25) is 0 Å². The molecule has 0 aliphatic heterocycles. The van der Waals surface area contributed by atoms with E-state index in [0.29, 0.717) is 10.5 Å². The minimum absolute atomic E-state index is 0.00639. The number of thioether (sulfide) groups is 1. The first-order valence-corrected chi connectivity index (χ1v) is 8.73. The van der Waals surface area contributed by atoms with Crippen molar-refractivity contribution >= 4 is 40.2 Å². The number of para-hydroxylation sites is 1. The number of hydrogen-bond donors (Lipinski definition) is 0. The molecule has 132 valence electrons. The lowest BCUT2D eigenvalue weighted by molar-refractivity contribution is -0.387. The predicted molar refractivity (Wildman–Crippen MR) is 95.7 cm³/mol. The Labute approximate surface area is 152 Å². The molecule has 0 amide bonds. The number of benzene rings is 2. The fourth-order valence-corrected chi connectivity index (χ4v) is 2.91. The second-order valence-electron chi connectivity index (χ2n) is 5.29. The summed E-state index contributed by atoms with van der Waals surface area (Å²) in [5, 5.41) is 11.8. The van der Waals surface area contributed by atoms with Crippen molar-refractivity contribution in [2.24, 2.45) is 0 Å². The summed E-state index contributed by atoms with van der Waals surface area (Å²) < 4.78 is 10.4. The van der Waals surface area contributed by atoms with Gasteiger partial charge in [-0.2, -0.15) is 0 Å². The van der Waals surface area contributed by atoms with Crippen molar-refractivity contribution in [2.45, 2.75) is 4.90 Å². The van der Waals surface area contributed by atoms with Crippen LogP contribution in [-0.4, -0.2) is 29.5 Å². The standard InChI is InChI=1S/C18H13NO6S/c1-26-17-7-6-12(8-13(17)19(22)23)18(21)24-10-14(20)16-9-11-4-2-3-5-15(11)25-16/h2-9H,10H2,1H3. The molecule has 3 rings (SSSR count). The summed E-state index contributed by atoms with van der Waals surface area (Å²) in [4.78, 5) is 35.2. The fourth-order valence-electron chi connectivity index (χ4n) is 2.36. The van der Waals surface area contributed by atoms with Crippen molar-refractivity contribution in [2.75, 3.05) is 12.9 Å². The van der Waals surface area contributed by atoms with E-state index in [1.165, 1.54) is 23.9 Å². The number of Topliss-reactive ketones (excluding diaryl/α,β-unsaturated/α-hetero) is 1. The van der Waals surface area contributed by atoms with E-state index in [4.69, 9.17) is 9.15 Å². The molecule has 1 heterocycles. The number of nitrogens with zero attached hydrogens (tertiary/aromatic N) is 1. The van der Waals surface area contributed by atoms with Gasteiger partial charge in [0.25, 0.3) is 5.69 Å². The number of furan rings is 1. The highest BCUT2D eigenvalue weighted by atomic mass is 32.2. The molecule has 1 aromatic heterocycles. The van der Waals surface area contributed by atoms with E-state index < -0.39 is 23.3 Å². The van der Waals surface area contributed by atoms with Gasteiger partial charge in [-0.05, 0) is 30.5 Å². The Hall–Kier alpha value is -3.13. The molecule has 0 saturated carbocycles. The molecule has 0 aliphatic rings. The lowest BCUT2D eigenvalue weighted by Gasteiger charge is -2.05. The number of carbonyl (C=O) groups is 2. The summed E-state index contributed by atoms with van der Waals surface area (Å²) in [6, 6.07) is 12.7. The smallest absolute Gasteiger partial charge is 0.338 e. The van der Waals surface area contributed by atoms with Gasteiger partial charge in [0.2, 0.25) is 5.78 Å². The average Bonchev–Trinajstić information content (AvgIpc) is 3.09. The monoisotopic (exact) mass is 371 g/mol. The minimum Gasteiger partial charge on any atom is -0.454 e. The van der Waals surface area contributed by atoms with Gasteiger partial charge in [-0.15, -0.1) is 11.8 Å². The third-order valence-corrected chi connectivity index (χ3v) is 4.43. The van der Waals surface area contributed by atoms with Crippen LogP contribution in [0.4, 0.5) is 5.69 Å². The topological polar surface area (TPSA) is 99.7 Å². The first-order chi connectivity index (χ1) is 12.5. The Morgan fingerprint density at radius 1 is 1.19 bits per heavy atom. The summed E-state index contributed by atoms with van der Waals surface area (Å²) >= 11 is 1.20. The zero-order valence-electron chi connectivity index (χ0n) is 13.6. The summed E-state index contributed by atoms with van der Waals surface area (Å²) in [7, 11) is 0. The highest BCUT2D eigenvalue weighted by molar-refractivity contribution is 7.98. The Bertz CT molecular complexity index is 977. The zero-order valence-corrected chi connectivity index (χ0v) is 14.4. The van der Waals surface area contributed by atoms with Crippen molar-refractivity contribution in [3.8, 4) is 0 Å². The van der Waals surface area contributed by atoms with E-state index in [2.05, 4.69) is 0 Å². The van der Waals surface area contributed by atoms with Gasteiger partial charge in [-0.25, -0.2) is 4.79 Å². The molecule has 2 aromatic carbocycles. The van der Waals surface area contributed by atoms with E-state index in [1.807, 2.05) is 6.07 Å². The Morgan fingerprint density at radius 2 is 1.96 bits per heavy atom. The molecule has 0 fully saturated rings. The number of fused-ring (bicyclic) bond motifs is 1. The van der Waals surface area contributed by atoms with Gasteiger partial charge in [0.05, 0.1) is 15.4 Å². The van der Waals surface area contributed by atoms with Crippen LogP contribution < -0.4 is 0 Å². The third-order valence-electron chi connectivity index (χ3n) is 3.65. The van der Waals surface area contributed by atoms with Gasteiger partial charge in [-0.3, -0.25) is 14.9 Å². The molecule has 0 N–H and O–H groups in total. The fraction of sp³-hybridized carbons (Fsp3) is 0.111. The lowest BCUT2D eigenvalue weighted by atomic mass is 10.2. The van der Waals surface area contributed by atoms with E-state index in [-0.39, 0.29) is 17.0 Å². The highest BCUT2D eigenvalue weighted by Crippen LogP contribution is 2.28. The maximum absolute atomic E-state index is 12.1. The minimum atomic E-state index is -0.815. The van der Waals surface area contributed by atoms with Crippen LogP contribution in [0.15, 0.2) is 57.8 Å². The molecular formula is C18H13NO6S. The van der Waals surface area contributed by atoms with Gasteiger partial charge >= 0.3 is 5.97 Å². The van der Waals surface area contributed by atoms with E-state index in [9.17, 15) is 19.7 Å². The summed E-state index contributed by atoms with van der Waals surface area (Å²) in [6.07, 6.45) is 1.70. The van der Waals surface area contributed by atoms with E-state index >= 15 is 0 Å². The number of ketones is 1. The Morgan fingerprint density at radius 3 is 2.65 bits per heavy atom. The molecule has 0 spiro atoms. The second-order valence-corrected chi connectivity index (χ2v) is 6.14. The second kappa shape index (κ2) is 7.40. The molecule has 0 bridgehead atoms. The van der Waals surface area contributed by atoms with Crippen LogP contribution in [0.3, 0.4) is 0 Å². The summed E-state index contributed by atoms with van der Waals surface area (Å²) in [5.74, 6) is -1.22. The molecular weight excluding hydrogens is 358 g/mol. The predicted octanol–water partition coefficient (Wildman–Crippen LogP) is 4.10. The van der Waals surface area contributed by atoms with Crippen LogP contribution in [0.25, 0.3) is 11.0 Å². The van der Waals surface area contributed by atoms with Crippen LogP contribution >= 0.6 is 11.8 Å². The number of nitro groups is 1. The lowest BCUT2D eigenvalue weighted by Crippen LogP contribution is -2.14. The molecule has 0 unspecified atom stereocenters. The first-order valence-electron chi connectivity index (χ1n) is 7.51. The maximum Gasteiger partial charge on any atom is 0.338 e. The number of ether oxygens (including phenoxy) is 1. The van der Waals surface area contributed by atoms with Crippen LogP contribution in [0.5, 0.6) is 0 Å². The maximum atomic E-state index is 12.1. The molecule has 0 atom stereocenters. The van der Waals surface area contributed by atoms with E-state index in [0.717, 1.165) is 11.5 Å². The third kappa shape index (κ3) is 3.60. The number of nitro benzene ring substituents is 1. The zero-order chi connectivity index (χ0) is 18.7. The number of carbonyl (C=O) groups excluding carboxylic acids is 2. The summed E-state index contributed by atoms with van der Waals surface area (Å²) in [6.45, 7) is -0.517. The van der Waals surface area contributed by atoms with E-state index in [1.54, 1.807) is 30.5 Å². The van der Waals surface area contributed by atoms with Crippen LogP contribution in [-0.2, 0) is 4.74 Å². The van der Waals surface area contributed by atoms with Crippen molar-refractivity contribution < 1.29 is 23.7 Å². The molecule has 26 heavy (non-hydrogen) atoms. The van der Waals surface area contributed by atoms with Crippen molar-refractivity contribution in [3.05, 3.63) is 70.0 Å². The number of esters is 1. The van der Waals surface area contributed by atoms with Gasteiger partial charge in [0.1, 0.15) is 5.58 Å². The largest absolute Gasteiger partial charge is 0.454 e. The molecule has 8 heteroatoms. The van der Waals surface area contributed by atoms with Crippen molar-refractivity contribution in [1.82, 2.24) is 0 Å².